The molecule has 2 aliphatic rings. The van der Waals surface area contributed by atoms with Crippen molar-refractivity contribution in [2.24, 2.45) is 5.92 Å². The van der Waals surface area contributed by atoms with Crippen LogP contribution in [0.5, 0.6) is 0 Å². The molecule has 6 nitrogen and oxygen atoms in total. The first-order valence-electron chi connectivity index (χ1n) is 13.9. The highest BCUT2D eigenvalue weighted by Gasteiger charge is 2.26. The van der Waals surface area contributed by atoms with Crippen molar-refractivity contribution >= 4 is 26.5 Å². The lowest BCUT2D eigenvalue weighted by Gasteiger charge is -2.29. The number of nitrogens with zero attached hydrogens (tertiary/aromatic N) is 1. The first-order chi connectivity index (χ1) is 18.4. The highest BCUT2D eigenvalue weighted by molar-refractivity contribution is 7.91. The molecule has 1 saturated heterocycles. The fraction of sp³-hybridized carbons (Fsp3) is 0.452. The first kappa shape index (κ1) is 26.9. The Balaban J connectivity index is 1.21. The van der Waals surface area contributed by atoms with E-state index in [9.17, 15) is 18.3 Å². The van der Waals surface area contributed by atoms with Gasteiger partial charge in [0.05, 0.1) is 16.7 Å². The minimum atomic E-state index is -3.65. The zero-order valence-electron chi connectivity index (χ0n) is 21.9. The lowest BCUT2D eigenvalue weighted by molar-refractivity contribution is -0.123. The van der Waals surface area contributed by atoms with Crippen LogP contribution in [-0.4, -0.2) is 49.8 Å². The maximum absolute atomic E-state index is 13.1. The van der Waals surface area contributed by atoms with Crippen molar-refractivity contribution in [3.8, 4) is 0 Å². The van der Waals surface area contributed by atoms with Crippen LogP contribution in [0.25, 0.3) is 10.8 Å². The number of benzene rings is 3. The van der Waals surface area contributed by atoms with E-state index in [1.54, 1.807) is 18.2 Å². The Bertz CT molecular complexity index is 1380. The second-order valence-electron chi connectivity index (χ2n) is 10.9. The molecule has 2 N–H and O–H groups in total. The van der Waals surface area contributed by atoms with Gasteiger partial charge in [-0.3, -0.25) is 9.69 Å². The summed E-state index contributed by atoms with van der Waals surface area (Å²) in [7, 11) is -3.65. The van der Waals surface area contributed by atoms with E-state index >= 15 is 0 Å². The van der Waals surface area contributed by atoms with Gasteiger partial charge in [-0.05, 0) is 84.8 Å². The molecule has 1 aliphatic heterocycles. The second kappa shape index (κ2) is 12.0. The number of carbonyl (C=O) groups excluding carboxylic acids is 1. The average Bonchev–Trinajstić information content (AvgIpc) is 2.93. The van der Waals surface area contributed by atoms with Crippen LogP contribution in [-0.2, 0) is 27.6 Å². The van der Waals surface area contributed by atoms with E-state index in [1.165, 1.54) is 43.5 Å². The summed E-state index contributed by atoms with van der Waals surface area (Å²) in [4.78, 5) is 15.7. The number of piperidine rings is 1. The maximum atomic E-state index is 13.1. The number of hydrogen-bond donors (Lipinski definition) is 2. The fourth-order valence-electron chi connectivity index (χ4n) is 5.95. The van der Waals surface area contributed by atoms with Gasteiger partial charge in [0.25, 0.3) is 0 Å². The minimum Gasteiger partial charge on any atom is -0.396 e. The third-order valence-electron chi connectivity index (χ3n) is 7.98. The number of rotatable bonds is 9. The molecule has 1 amide bonds. The third-order valence-corrected chi connectivity index (χ3v) is 9.86. The van der Waals surface area contributed by atoms with E-state index in [1.807, 2.05) is 24.3 Å². The molecular weight excluding hydrogens is 496 g/mol. The maximum Gasteiger partial charge on any atom is 0.220 e. The van der Waals surface area contributed by atoms with Crippen molar-refractivity contribution in [2.45, 2.75) is 62.4 Å². The summed E-state index contributed by atoms with van der Waals surface area (Å²) in [6.07, 6.45) is 6.73. The summed E-state index contributed by atoms with van der Waals surface area (Å²) in [6, 6.07) is 19.2. The van der Waals surface area contributed by atoms with Gasteiger partial charge in [-0.2, -0.15) is 0 Å². The molecule has 0 saturated carbocycles. The highest BCUT2D eigenvalue weighted by atomic mass is 32.2. The monoisotopic (exact) mass is 534 g/mol. The van der Waals surface area contributed by atoms with Crippen LogP contribution in [0.4, 0.5) is 0 Å². The number of likely N-dealkylation sites (tertiary alicyclic amines) is 1. The Hall–Kier alpha value is -2.74. The SMILES string of the molecule is O=C(C[C@H](CO)CS(=O)(=O)c1ccc2ccccc2c1)N[C@@H]1CCCc2cc(CN3CCCCC3)ccc21. The molecule has 2 atom stereocenters. The van der Waals surface area contributed by atoms with Crippen molar-refractivity contribution in [2.75, 3.05) is 25.4 Å². The summed E-state index contributed by atoms with van der Waals surface area (Å²) in [6.45, 7) is 2.95. The van der Waals surface area contributed by atoms with E-state index in [0.717, 1.165) is 42.1 Å². The molecule has 1 fully saturated rings. The number of aliphatic hydroxyl groups is 1. The molecule has 0 bridgehead atoms. The number of fused-ring (bicyclic) bond motifs is 2. The topological polar surface area (TPSA) is 86.7 Å². The third kappa shape index (κ3) is 6.45. The predicted molar refractivity (Wildman–Crippen MR) is 151 cm³/mol. The van der Waals surface area contributed by atoms with Crippen LogP contribution in [0.15, 0.2) is 65.6 Å². The average molecular weight is 535 g/mol. The van der Waals surface area contributed by atoms with E-state index in [0.29, 0.717) is 0 Å². The van der Waals surface area contributed by atoms with Gasteiger partial charge in [-0.1, -0.05) is 55.0 Å². The summed E-state index contributed by atoms with van der Waals surface area (Å²) in [5, 5.41) is 14.9. The quantitative estimate of drug-likeness (QED) is 0.412. The summed E-state index contributed by atoms with van der Waals surface area (Å²) < 4.78 is 26.2. The van der Waals surface area contributed by atoms with E-state index in [-0.39, 0.29) is 35.6 Å². The van der Waals surface area contributed by atoms with E-state index in [4.69, 9.17) is 0 Å². The molecule has 0 radical (unpaired) electrons. The predicted octanol–water partition coefficient (Wildman–Crippen LogP) is 4.79. The first-order valence-corrected chi connectivity index (χ1v) is 15.5. The standard InChI is InChI=1S/C31H38N2O4S/c34-21-24(22-38(36,37)28-13-12-25-7-2-3-8-26(25)19-28)18-31(35)32-30-10-6-9-27-17-23(11-14-29(27)30)20-33-15-4-1-5-16-33/h2-3,7-8,11-14,17,19,24,30,34H,1,4-6,9-10,15-16,18,20-22H2,(H,32,35)/t24-,30-/m1/s1. The van der Waals surface area contributed by atoms with Crippen molar-refractivity contribution in [1.82, 2.24) is 10.2 Å². The largest absolute Gasteiger partial charge is 0.396 e. The summed E-state index contributed by atoms with van der Waals surface area (Å²) >= 11 is 0. The van der Waals surface area contributed by atoms with Gasteiger partial charge in [-0.25, -0.2) is 8.42 Å². The van der Waals surface area contributed by atoms with Crippen molar-refractivity contribution in [1.29, 1.82) is 0 Å². The summed E-state index contributed by atoms with van der Waals surface area (Å²) in [5.74, 6) is -1.15. The second-order valence-corrected chi connectivity index (χ2v) is 13.0. The lowest BCUT2D eigenvalue weighted by atomic mass is 9.86. The highest BCUT2D eigenvalue weighted by Crippen LogP contribution is 2.31. The van der Waals surface area contributed by atoms with Gasteiger partial charge in [0, 0.05) is 25.5 Å². The Morgan fingerprint density at radius 2 is 1.76 bits per heavy atom. The number of sulfone groups is 1. The Kier molecular flexibility index (Phi) is 8.46. The fourth-order valence-corrected chi connectivity index (χ4v) is 7.57. The lowest BCUT2D eigenvalue weighted by Crippen LogP contribution is -2.34. The van der Waals surface area contributed by atoms with E-state index < -0.39 is 15.8 Å². The van der Waals surface area contributed by atoms with Gasteiger partial charge in [0.15, 0.2) is 9.84 Å². The molecule has 3 aromatic rings. The molecule has 1 heterocycles. The van der Waals surface area contributed by atoms with Crippen LogP contribution in [0, 0.1) is 5.92 Å². The zero-order chi connectivity index (χ0) is 26.5. The van der Waals surface area contributed by atoms with Crippen LogP contribution in [0.3, 0.4) is 0 Å². The van der Waals surface area contributed by atoms with Crippen LogP contribution in [0.2, 0.25) is 0 Å². The van der Waals surface area contributed by atoms with Gasteiger partial charge in [0.2, 0.25) is 5.91 Å². The van der Waals surface area contributed by atoms with Gasteiger partial charge in [-0.15, -0.1) is 0 Å². The molecule has 7 heteroatoms. The van der Waals surface area contributed by atoms with Crippen molar-refractivity contribution in [3.63, 3.8) is 0 Å². The van der Waals surface area contributed by atoms with Crippen molar-refractivity contribution < 1.29 is 18.3 Å². The molecule has 38 heavy (non-hydrogen) atoms. The smallest absolute Gasteiger partial charge is 0.220 e. The number of nitrogens with one attached hydrogen (secondary N) is 1. The number of amides is 1. The molecule has 0 spiro atoms. The summed E-state index contributed by atoms with van der Waals surface area (Å²) in [5.41, 5.74) is 3.79. The molecular formula is C31H38N2O4S. The van der Waals surface area contributed by atoms with Crippen LogP contribution in [0.1, 0.15) is 61.3 Å². The number of aliphatic hydroxyl groups excluding tert-OH is 1. The van der Waals surface area contributed by atoms with Crippen molar-refractivity contribution in [3.05, 3.63) is 77.4 Å². The van der Waals surface area contributed by atoms with Gasteiger partial charge < -0.3 is 10.4 Å². The van der Waals surface area contributed by atoms with E-state index in [2.05, 4.69) is 28.4 Å². The molecule has 3 aromatic carbocycles. The molecule has 0 aromatic heterocycles. The molecule has 1 aliphatic carbocycles. The molecule has 202 valence electrons. The number of aryl methyl sites for hydroxylation is 1. The Labute approximate surface area is 226 Å². The molecule has 0 unspecified atom stereocenters. The van der Waals surface area contributed by atoms with Gasteiger partial charge in [0.1, 0.15) is 0 Å². The number of carbonyl (C=O) groups is 1. The Morgan fingerprint density at radius 1 is 0.974 bits per heavy atom. The van der Waals surface area contributed by atoms with Crippen LogP contribution >= 0.6 is 0 Å². The zero-order valence-corrected chi connectivity index (χ0v) is 22.8. The van der Waals surface area contributed by atoms with Crippen LogP contribution < -0.4 is 5.32 Å². The Morgan fingerprint density at radius 3 is 2.55 bits per heavy atom. The number of hydrogen-bond acceptors (Lipinski definition) is 5. The normalized spacial score (nSPS) is 19.1. The minimum absolute atomic E-state index is 0.0256. The van der Waals surface area contributed by atoms with Gasteiger partial charge >= 0.3 is 0 Å². The molecule has 5 rings (SSSR count).